The first-order chi connectivity index (χ1) is 17.8. The molecule has 0 saturated heterocycles. The second kappa shape index (κ2) is 10.2. The Bertz CT molecular complexity index is 1470. The molecule has 0 radical (unpaired) electrons. The second-order valence-corrected chi connectivity index (χ2v) is 11.3. The fourth-order valence-corrected chi connectivity index (χ4v) is 5.83. The molecule has 0 spiro atoms. The molecule has 0 fully saturated rings. The van der Waals surface area contributed by atoms with Crippen LogP contribution in [0.15, 0.2) is 90.8 Å². The number of aromatic nitrogens is 2. The Balaban J connectivity index is 1.64. The van der Waals surface area contributed by atoms with Crippen LogP contribution < -0.4 is 0 Å². The van der Waals surface area contributed by atoms with Crippen molar-refractivity contribution in [2.75, 3.05) is 0 Å². The molecule has 1 aliphatic carbocycles. The molecule has 0 aliphatic heterocycles. The van der Waals surface area contributed by atoms with Crippen molar-refractivity contribution in [3.05, 3.63) is 102 Å². The van der Waals surface area contributed by atoms with Crippen molar-refractivity contribution in [2.24, 2.45) is 5.92 Å². The number of unbranched alkanes of at least 4 members (excludes halogenated alkanes) is 2. The summed E-state index contributed by atoms with van der Waals surface area (Å²) in [7, 11) is 0. The Labute approximate surface area is 221 Å². The first-order valence-corrected chi connectivity index (χ1v) is 13.7. The predicted octanol–water partition coefficient (Wildman–Crippen LogP) is 8.42. The number of hydrogen-bond acceptors (Lipinski definition) is 3. The lowest BCUT2D eigenvalue weighted by molar-refractivity contribution is 0.0593. The fraction of sp³-hybridized carbons (Fsp3) is 0.353. The van der Waals surface area contributed by atoms with Gasteiger partial charge in [0.1, 0.15) is 5.60 Å². The summed E-state index contributed by atoms with van der Waals surface area (Å²) in [5, 5.41) is 16.9. The molecule has 5 rings (SSSR count). The van der Waals surface area contributed by atoms with E-state index in [1.165, 1.54) is 24.8 Å². The second-order valence-electron chi connectivity index (χ2n) is 11.3. The standard InChI is InChI=1S/C34H38N2O/c1-24(2)12-6-5-7-13-25-22-30(31-28-16-10-8-14-26(28)18-20-35-31)34(4,37)33(3,23-25)32-29-17-11-9-15-27(29)19-21-36-32/h8-11,14-24,37H,5-7,12-13H2,1-4H3. The minimum Gasteiger partial charge on any atom is -0.384 e. The molecular formula is C34H38N2O. The highest BCUT2D eigenvalue weighted by molar-refractivity contribution is 5.96. The van der Waals surface area contributed by atoms with Gasteiger partial charge >= 0.3 is 0 Å². The molecule has 2 unspecified atom stereocenters. The van der Waals surface area contributed by atoms with Crippen LogP contribution in [0.1, 0.15) is 71.2 Å². The van der Waals surface area contributed by atoms with Gasteiger partial charge in [-0.2, -0.15) is 0 Å². The van der Waals surface area contributed by atoms with E-state index in [2.05, 4.69) is 69.3 Å². The third-order valence-corrected chi connectivity index (χ3v) is 8.18. The van der Waals surface area contributed by atoms with Gasteiger partial charge in [-0.05, 0) is 55.5 Å². The number of allylic oxidation sites excluding steroid dienone is 2. The van der Waals surface area contributed by atoms with Crippen LogP contribution in [-0.4, -0.2) is 20.7 Å². The maximum Gasteiger partial charge on any atom is 0.103 e. The van der Waals surface area contributed by atoms with Gasteiger partial charge in [0.15, 0.2) is 0 Å². The summed E-state index contributed by atoms with van der Waals surface area (Å²) in [4.78, 5) is 9.74. The van der Waals surface area contributed by atoms with E-state index in [1.54, 1.807) is 0 Å². The van der Waals surface area contributed by atoms with E-state index >= 15 is 0 Å². The van der Waals surface area contributed by atoms with Gasteiger partial charge in [0.25, 0.3) is 0 Å². The van der Waals surface area contributed by atoms with Gasteiger partial charge < -0.3 is 5.11 Å². The summed E-state index contributed by atoms with van der Waals surface area (Å²) in [5.74, 6) is 0.744. The molecule has 2 atom stereocenters. The zero-order valence-corrected chi connectivity index (χ0v) is 22.5. The fourth-order valence-electron chi connectivity index (χ4n) is 5.83. The molecule has 2 aromatic carbocycles. The molecule has 3 heteroatoms. The van der Waals surface area contributed by atoms with Crippen molar-refractivity contribution >= 4 is 27.1 Å². The quantitative estimate of drug-likeness (QED) is 0.252. The molecule has 3 nitrogen and oxygen atoms in total. The minimum absolute atomic E-state index is 0.732. The monoisotopic (exact) mass is 490 g/mol. The van der Waals surface area contributed by atoms with Crippen molar-refractivity contribution in [1.82, 2.24) is 9.97 Å². The van der Waals surface area contributed by atoms with Gasteiger partial charge in [-0.25, -0.2) is 0 Å². The van der Waals surface area contributed by atoms with Crippen molar-refractivity contribution in [3.8, 4) is 0 Å². The molecule has 0 saturated carbocycles. The lowest BCUT2D eigenvalue weighted by Gasteiger charge is -2.45. The van der Waals surface area contributed by atoms with E-state index in [1.807, 2.05) is 43.6 Å². The molecule has 0 amide bonds. The van der Waals surface area contributed by atoms with Crippen molar-refractivity contribution < 1.29 is 5.11 Å². The van der Waals surface area contributed by atoms with Gasteiger partial charge in [-0.3, -0.25) is 9.97 Å². The predicted molar refractivity (Wildman–Crippen MR) is 155 cm³/mol. The van der Waals surface area contributed by atoms with E-state index in [4.69, 9.17) is 9.97 Å². The lowest BCUT2D eigenvalue weighted by Crippen LogP contribution is -2.49. The van der Waals surface area contributed by atoms with Crippen LogP contribution in [0.2, 0.25) is 0 Å². The Morgan fingerprint density at radius 3 is 2.16 bits per heavy atom. The molecule has 190 valence electrons. The van der Waals surface area contributed by atoms with E-state index < -0.39 is 11.0 Å². The summed E-state index contributed by atoms with van der Waals surface area (Å²) in [6.45, 7) is 8.65. The number of aliphatic hydroxyl groups is 1. The number of hydrogen-bond donors (Lipinski definition) is 1. The van der Waals surface area contributed by atoms with Gasteiger partial charge in [-0.15, -0.1) is 0 Å². The maximum atomic E-state index is 12.5. The average molecular weight is 491 g/mol. The van der Waals surface area contributed by atoms with Crippen molar-refractivity contribution in [3.63, 3.8) is 0 Å². The number of nitrogens with zero attached hydrogens (tertiary/aromatic N) is 2. The maximum absolute atomic E-state index is 12.5. The summed E-state index contributed by atoms with van der Waals surface area (Å²) in [6.07, 6.45) is 14.0. The van der Waals surface area contributed by atoms with Crippen LogP contribution in [-0.2, 0) is 5.41 Å². The number of pyridine rings is 2. The number of fused-ring (bicyclic) bond motifs is 2. The van der Waals surface area contributed by atoms with E-state index in [0.717, 1.165) is 57.3 Å². The first-order valence-electron chi connectivity index (χ1n) is 13.7. The Morgan fingerprint density at radius 1 is 0.784 bits per heavy atom. The van der Waals surface area contributed by atoms with Gasteiger partial charge in [0.2, 0.25) is 0 Å². The van der Waals surface area contributed by atoms with Crippen LogP contribution in [0.4, 0.5) is 0 Å². The molecule has 1 aliphatic rings. The van der Waals surface area contributed by atoms with Crippen molar-refractivity contribution in [2.45, 2.75) is 70.8 Å². The van der Waals surface area contributed by atoms with Crippen LogP contribution in [0, 0.1) is 5.92 Å². The summed E-state index contributed by atoms with van der Waals surface area (Å²) in [6, 6.07) is 20.7. The highest BCUT2D eigenvalue weighted by Crippen LogP contribution is 2.50. The highest BCUT2D eigenvalue weighted by Gasteiger charge is 2.50. The number of rotatable bonds is 8. The summed E-state index contributed by atoms with van der Waals surface area (Å²) >= 11 is 0. The molecule has 37 heavy (non-hydrogen) atoms. The van der Waals surface area contributed by atoms with E-state index in [9.17, 15) is 5.11 Å². The smallest absolute Gasteiger partial charge is 0.103 e. The minimum atomic E-state index is -1.22. The van der Waals surface area contributed by atoms with Crippen LogP contribution >= 0.6 is 0 Å². The molecule has 1 N–H and O–H groups in total. The number of benzene rings is 2. The van der Waals surface area contributed by atoms with Crippen LogP contribution in [0.3, 0.4) is 0 Å². The molecular weight excluding hydrogens is 452 g/mol. The topological polar surface area (TPSA) is 46.0 Å². The zero-order valence-electron chi connectivity index (χ0n) is 22.5. The van der Waals surface area contributed by atoms with Crippen LogP contribution in [0.25, 0.3) is 27.1 Å². The molecule has 4 aromatic rings. The van der Waals surface area contributed by atoms with E-state index in [0.29, 0.717) is 0 Å². The van der Waals surface area contributed by atoms with Crippen LogP contribution in [0.5, 0.6) is 0 Å². The van der Waals surface area contributed by atoms with Crippen molar-refractivity contribution in [1.29, 1.82) is 0 Å². The Kier molecular flexibility index (Phi) is 7.00. The molecule has 0 bridgehead atoms. The summed E-state index contributed by atoms with van der Waals surface area (Å²) < 4.78 is 0. The first kappa shape index (κ1) is 25.4. The molecule has 2 heterocycles. The SMILES string of the molecule is CC(C)CCCCCC1=CC(C)(c2nccc3ccccc23)C(C)(O)C(c2nccc3ccccc23)=C1. The molecule has 2 aromatic heterocycles. The van der Waals surface area contributed by atoms with E-state index in [-0.39, 0.29) is 0 Å². The Hall–Kier alpha value is -3.30. The third-order valence-electron chi connectivity index (χ3n) is 8.18. The largest absolute Gasteiger partial charge is 0.384 e. The van der Waals surface area contributed by atoms with Gasteiger partial charge in [-0.1, -0.05) is 99.4 Å². The zero-order chi connectivity index (χ0) is 26.0. The normalized spacial score (nSPS) is 21.9. The summed E-state index contributed by atoms with van der Waals surface area (Å²) in [5.41, 5.74) is 1.91. The van der Waals surface area contributed by atoms with Gasteiger partial charge in [0.05, 0.1) is 16.8 Å². The Morgan fingerprint density at radius 2 is 1.43 bits per heavy atom. The highest BCUT2D eigenvalue weighted by atomic mass is 16.3. The average Bonchev–Trinajstić information content (AvgIpc) is 2.89. The van der Waals surface area contributed by atoms with Gasteiger partial charge in [0, 0.05) is 28.7 Å². The lowest BCUT2D eigenvalue weighted by atomic mass is 9.62. The third kappa shape index (κ3) is 4.73.